The molecule has 1 aromatic rings. The molecule has 3 heteroatoms. The van der Waals surface area contributed by atoms with Gasteiger partial charge in [0, 0.05) is 0 Å². The third-order valence-electron chi connectivity index (χ3n) is 2.81. The molecule has 0 unspecified atom stereocenters. The van der Waals surface area contributed by atoms with Crippen LogP contribution in [0.15, 0.2) is 0 Å². The molecule has 0 radical (unpaired) electrons. The van der Waals surface area contributed by atoms with Gasteiger partial charge in [-0.05, 0) is 0 Å². The van der Waals surface area contributed by atoms with Crippen LogP contribution < -0.4 is 0 Å². The summed E-state index contributed by atoms with van der Waals surface area (Å²) >= 11 is -0.346. The van der Waals surface area contributed by atoms with Gasteiger partial charge in [-0.15, -0.1) is 0 Å². The third-order valence-corrected chi connectivity index (χ3v) is 2.81. The molecule has 0 nitrogen and oxygen atoms in total. The summed E-state index contributed by atoms with van der Waals surface area (Å²) in [5.41, 5.74) is 7.34. The van der Waals surface area contributed by atoms with E-state index >= 15 is 0 Å². The molecular formula is C10H15Cl2Ru-. The van der Waals surface area contributed by atoms with Gasteiger partial charge >= 0.3 is 34.5 Å². The molecule has 0 heterocycles. The molecule has 0 aromatic heterocycles. The van der Waals surface area contributed by atoms with Gasteiger partial charge in [0.05, 0.1) is 0 Å². The zero-order valence-corrected chi connectivity index (χ0v) is 11.9. The average Bonchev–Trinajstić information content (AvgIpc) is 2.25. The van der Waals surface area contributed by atoms with Gasteiger partial charge in [-0.2, -0.15) is 27.8 Å². The predicted octanol–water partition coefficient (Wildman–Crippen LogP) is 4.32. The molecule has 0 spiro atoms. The summed E-state index contributed by atoms with van der Waals surface area (Å²) in [6, 6.07) is 0. The van der Waals surface area contributed by atoms with Crippen LogP contribution in [-0.4, -0.2) is 0 Å². The quantitative estimate of drug-likeness (QED) is 0.494. The second kappa shape index (κ2) is 6.12. The zero-order chi connectivity index (χ0) is 10.6. The molecule has 1 rings (SSSR count). The van der Waals surface area contributed by atoms with Gasteiger partial charge < -0.3 is 0 Å². The molecule has 0 saturated carbocycles. The van der Waals surface area contributed by atoms with Crippen LogP contribution in [0, 0.1) is 34.6 Å². The molecule has 0 amide bonds. The van der Waals surface area contributed by atoms with Crippen LogP contribution in [0.5, 0.6) is 0 Å². The van der Waals surface area contributed by atoms with Gasteiger partial charge in [0.25, 0.3) is 0 Å². The number of rotatable bonds is 0. The van der Waals surface area contributed by atoms with Gasteiger partial charge in [0.1, 0.15) is 0 Å². The van der Waals surface area contributed by atoms with E-state index in [9.17, 15) is 0 Å². The summed E-state index contributed by atoms with van der Waals surface area (Å²) < 4.78 is 0. The fraction of sp³-hybridized carbons (Fsp3) is 0.500. The summed E-state index contributed by atoms with van der Waals surface area (Å²) in [7, 11) is 9.71. The molecule has 13 heavy (non-hydrogen) atoms. The first-order valence-corrected chi connectivity index (χ1v) is 8.49. The zero-order valence-electron chi connectivity index (χ0n) is 8.61. The minimum atomic E-state index is -0.346. The second-order valence-electron chi connectivity index (χ2n) is 3.18. The Labute approximate surface area is 96.7 Å². The molecule has 0 aliphatic rings. The van der Waals surface area contributed by atoms with Gasteiger partial charge in [-0.3, -0.25) is 0 Å². The Kier molecular flexibility index (Phi) is 6.38. The molecule has 0 N–H and O–H groups in total. The Hall–Kier alpha value is 0.553. The number of hydrogen-bond donors (Lipinski definition) is 0. The predicted molar refractivity (Wildman–Crippen MR) is 57.4 cm³/mol. The van der Waals surface area contributed by atoms with E-state index in [1.807, 2.05) is 0 Å². The van der Waals surface area contributed by atoms with Crippen LogP contribution in [-0.2, 0) is 15.1 Å². The van der Waals surface area contributed by atoms with Crippen LogP contribution in [0.1, 0.15) is 27.8 Å². The fourth-order valence-corrected chi connectivity index (χ4v) is 1.41. The van der Waals surface area contributed by atoms with Crippen LogP contribution in [0.2, 0.25) is 0 Å². The van der Waals surface area contributed by atoms with Crippen molar-refractivity contribution in [2.75, 3.05) is 0 Å². The summed E-state index contributed by atoms with van der Waals surface area (Å²) in [5.74, 6) is 0. The van der Waals surface area contributed by atoms with Crippen molar-refractivity contribution < 1.29 is 15.1 Å². The average molecular weight is 307 g/mol. The van der Waals surface area contributed by atoms with Crippen LogP contribution in [0.4, 0.5) is 0 Å². The standard InChI is InChI=1S/C10H15.2ClH.Ru/c1-6-7(2)9(4)10(5)8(6)3;;;/h1-5H3;2*1H;/q-1;;;+2/p-2. The summed E-state index contributed by atoms with van der Waals surface area (Å²) in [6.07, 6.45) is 0. The van der Waals surface area contributed by atoms with E-state index < -0.39 is 0 Å². The van der Waals surface area contributed by atoms with Crippen molar-refractivity contribution in [1.29, 1.82) is 0 Å². The van der Waals surface area contributed by atoms with Crippen LogP contribution in [0.25, 0.3) is 0 Å². The summed E-state index contributed by atoms with van der Waals surface area (Å²) in [5, 5.41) is 0. The molecule has 78 valence electrons. The Bertz CT molecular complexity index is 197. The number of hydrogen-bond acceptors (Lipinski definition) is 0. The molecule has 1 aromatic carbocycles. The van der Waals surface area contributed by atoms with E-state index in [0.29, 0.717) is 0 Å². The second-order valence-corrected chi connectivity index (χ2v) is 5.81. The topological polar surface area (TPSA) is 0 Å². The third kappa shape index (κ3) is 3.31. The fourth-order valence-electron chi connectivity index (χ4n) is 1.41. The van der Waals surface area contributed by atoms with Crippen LogP contribution in [0.3, 0.4) is 0 Å². The first-order valence-electron chi connectivity index (χ1n) is 4.02. The van der Waals surface area contributed by atoms with E-state index in [1.54, 1.807) is 0 Å². The maximum absolute atomic E-state index is 4.85. The molecule has 0 fully saturated rings. The molecule has 0 aliphatic heterocycles. The van der Waals surface area contributed by atoms with E-state index in [2.05, 4.69) is 34.6 Å². The maximum atomic E-state index is 4.85. The molecule has 0 atom stereocenters. The minimum absolute atomic E-state index is 0.346. The Morgan fingerprint density at radius 2 is 1.15 bits per heavy atom. The van der Waals surface area contributed by atoms with Crippen molar-refractivity contribution in [3.8, 4) is 0 Å². The van der Waals surface area contributed by atoms with E-state index in [0.717, 1.165) is 0 Å². The van der Waals surface area contributed by atoms with Crippen molar-refractivity contribution in [2.45, 2.75) is 34.6 Å². The van der Waals surface area contributed by atoms with Crippen LogP contribution >= 0.6 is 19.4 Å². The first-order chi connectivity index (χ1) is 5.97. The van der Waals surface area contributed by atoms with E-state index in [-0.39, 0.29) is 15.1 Å². The van der Waals surface area contributed by atoms with Gasteiger partial charge in [-0.1, -0.05) is 34.6 Å². The van der Waals surface area contributed by atoms with Gasteiger partial charge in [-0.25, -0.2) is 0 Å². The van der Waals surface area contributed by atoms with Crippen molar-refractivity contribution in [2.24, 2.45) is 0 Å². The monoisotopic (exact) mass is 307 g/mol. The molecule has 0 bridgehead atoms. The number of halogens is 2. The van der Waals surface area contributed by atoms with Crippen molar-refractivity contribution >= 4 is 19.4 Å². The Morgan fingerprint density at radius 3 is 1.23 bits per heavy atom. The molecule has 0 saturated heterocycles. The normalized spacial score (nSPS) is 9.77. The summed E-state index contributed by atoms with van der Waals surface area (Å²) in [6.45, 7) is 11.0. The van der Waals surface area contributed by atoms with Crippen molar-refractivity contribution in [1.82, 2.24) is 0 Å². The SMILES string of the molecule is Cc1c(C)c(C)[c-](C)c1C.[Cl][Ru][Cl]. The van der Waals surface area contributed by atoms with E-state index in [4.69, 9.17) is 19.4 Å². The first kappa shape index (κ1) is 13.6. The molecular weight excluding hydrogens is 292 g/mol. The Balaban J connectivity index is 0.000000424. The Morgan fingerprint density at radius 1 is 0.923 bits per heavy atom. The molecule has 0 aliphatic carbocycles. The van der Waals surface area contributed by atoms with Gasteiger partial charge in [0.15, 0.2) is 0 Å². The van der Waals surface area contributed by atoms with Crippen molar-refractivity contribution in [3.05, 3.63) is 27.8 Å². The van der Waals surface area contributed by atoms with E-state index in [1.165, 1.54) is 27.8 Å². The van der Waals surface area contributed by atoms with Crippen molar-refractivity contribution in [3.63, 3.8) is 0 Å². The summed E-state index contributed by atoms with van der Waals surface area (Å²) in [4.78, 5) is 0. The van der Waals surface area contributed by atoms with Gasteiger partial charge in [0.2, 0.25) is 0 Å².